The molecule has 1 aliphatic heterocycles. The molecule has 0 N–H and O–H groups in total. The van der Waals surface area contributed by atoms with Gasteiger partial charge in [-0.1, -0.05) is 63.1 Å². The number of carbonyl (C=O) groups excluding carboxylic acids is 1. The molecule has 0 spiro atoms. The molecule has 0 radical (unpaired) electrons. The normalized spacial score (nSPS) is 14.4. The molecule has 12 heteroatoms. The van der Waals surface area contributed by atoms with E-state index < -0.39 is 4.92 Å². The van der Waals surface area contributed by atoms with Crippen molar-refractivity contribution in [3.8, 4) is 11.5 Å². The summed E-state index contributed by atoms with van der Waals surface area (Å²) in [5.41, 5.74) is 1.98. The Bertz CT molecular complexity index is 1420. The molecule has 4 rings (SSSR count). The Morgan fingerprint density at radius 1 is 1.11 bits per heavy atom. The molecule has 1 heterocycles. The molecule has 0 aliphatic carbocycles. The molecule has 0 bridgehead atoms. The summed E-state index contributed by atoms with van der Waals surface area (Å²) in [4.78, 5) is 25.3. The third-order valence-corrected chi connectivity index (χ3v) is 7.79. The Morgan fingerprint density at radius 3 is 2.47 bits per heavy atom. The zero-order valence-corrected chi connectivity index (χ0v) is 23.1. The van der Waals surface area contributed by atoms with Crippen LogP contribution in [-0.4, -0.2) is 22.3 Å². The van der Waals surface area contributed by atoms with Crippen LogP contribution in [0.25, 0.3) is 6.08 Å². The van der Waals surface area contributed by atoms with E-state index in [1.807, 2.05) is 0 Å². The highest BCUT2D eigenvalue weighted by Gasteiger charge is 2.33. The highest BCUT2D eigenvalue weighted by atomic mass is 79.9. The number of hydrogen-bond acceptors (Lipinski definition) is 7. The van der Waals surface area contributed by atoms with Crippen molar-refractivity contribution in [2.45, 2.75) is 6.61 Å². The van der Waals surface area contributed by atoms with Gasteiger partial charge in [-0.25, -0.2) is 0 Å². The Kier molecular flexibility index (Phi) is 8.21. The molecule has 0 saturated carbocycles. The number of amides is 1. The van der Waals surface area contributed by atoms with E-state index >= 15 is 0 Å². The van der Waals surface area contributed by atoms with Crippen LogP contribution in [0.4, 0.5) is 11.4 Å². The average molecular weight is 626 g/mol. The molecule has 1 amide bonds. The molecule has 3 aromatic carbocycles. The van der Waals surface area contributed by atoms with Gasteiger partial charge in [0.1, 0.15) is 6.61 Å². The Balaban J connectivity index is 1.55. The highest BCUT2D eigenvalue weighted by molar-refractivity contribution is 9.10. The van der Waals surface area contributed by atoms with Crippen molar-refractivity contribution >= 4 is 90.8 Å². The maximum Gasteiger partial charge on any atom is 0.270 e. The van der Waals surface area contributed by atoms with Gasteiger partial charge in [-0.15, -0.1) is 0 Å². The standard InChI is InChI=1S/C24H15BrCl2N2O5S2/c1-33-20-8-14(17(25)11-21(20)34-12-13-2-4-15(5-3-13)29(31)32)9-22-23(30)28(24(35)36-22)16-6-7-18(26)19(27)10-16/h2-11H,12H2,1H3/b22-9-. The molecular formula is C24H15BrCl2N2O5S2. The van der Waals surface area contributed by atoms with E-state index in [9.17, 15) is 14.9 Å². The van der Waals surface area contributed by atoms with Crippen LogP contribution in [0.3, 0.4) is 0 Å². The molecule has 1 saturated heterocycles. The lowest BCUT2D eigenvalue weighted by Crippen LogP contribution is -2.27. The van der Waals surface area contributed by atoms with Gasteiger partial charge in [0.15, 0.2) is 15.8 Å². The van der Waals surface area contributed by atoms with Gasteiger partial charge in [0.2, 0.25) is 0 Å². The second-order valence-electron chi connectivity index (χ2n) is 7.35. The summed E-state index contributed by atoms with van der Waals surface area (Å²) < 4.78 is 12.4. The first kappa shape index (κ1) is 26.4. The number of rotatable bonds is 7. The van der Waals surface area contributed by atoms with E-state index in [0.29, 0.717) is 46.5 Å². The number of nitrogens with zero attached hydrogens (tertiary/aromatic N) is 2. The molecule has 0 atom stereocenters. The number of benzene rings is 3. The summed E-state index contributed by atoms with van der Waals surface area (Å²) in [6, 6.07) is 14.4. The van der Waals surface area contributed by atoms with E-state index in [1.165, 1.54) is 35.9 Å². The van der Waals surface area contributed by atoms with Crippen molar-refractivity contribution in [3.05, 3.63) is 95.3 Å². The predicted octanol–water partition coefficient (Wildman–Crippen LogP) is 7.66. The van der Waals surface area contributed by atoms with Gasteiger partial charge in [-0.3, -0.25) is 19.8 Å². The van der Waals surface area contributed by atoms with Crippen LogP contribution in [0.15, 0.2) is 64.0 Å². The number of thioether (sulfide) groups is 1. The predicted molar refractivity (Wildman–Crippen MR) is 150 cm³/mol. The summed E-state index contributed by atoms with van der Waals surface area (Å²) in [7, 11) is 1.51. The fourth-order valence-corrected chi connectivity index (χ4v) is 5.28. The first-order chi connectivity index (χ1) is 17.2. The molecule has 184 valence electrons. The number of carbonyl (C=O) groups is 1. The quantitative estimate of drug-likeness (QED) is 0.115. The van der Waals surface area contributed by atoms with E-state index in [4.69, 9.17) is 44.9 Å². The van der Waals surface area contributed by atoms with Crippen LogP contribution in [0.2, 0.25) is 10.0 Å². The minimum Gasteiger partial charge on any atom is -0.493 e. The zero-order chi connectivity index (χ0) is 26.0. The number of nitro groups is 1. The van der Waals surface area contributed by atoms with Gasteiger partial charge in [-0.05, 0) is 59.7 Å². The van der Waals surface area contributed by atoms with Crippen molar-refractivity contribution in [3.63, 3.8) is 0 Å². The Labute approximate surface area is 234 Å². The fraction of sp³-hybridized carbons (Fsp3) is 0.0833. The second-order valence-corrected chi connectivity index (χ2v) is 10.7. The average Bonchev–Trinajstić information content (AvgIpc) is 3.13. The van der Waals surface area contributed by atoms with E-state index in [1.54, 1.807) is 48.5 Å². The lowest BCUT2D eigenvalue weighted by molar-refractivity contribution is -0.384. The molecule has 7 nitrogen and oxygen atoms in total. The van der Waals surface area contributed by atoms with Crippen molar-refractivity contribution in [2.75, 3.05) is 12.0 Å². The smallest absolute Gasteiger partial charge is 0.270 e. The number of hydrogen-bond donors (Lipinski definition) is 0. The number of anilines is 1. The van der Waals surface area contributed by atoms with Crippen LogP contribution >= 0.6 is 63.1 Å². The SMILES string of the molecule is COc1cc(/C=C2\SC(=S)N(c3ccc(Cl)c(Cl)c3)C2=O)c(Br)cc1OCc1ccc([N+](=O)[O-])cc1. The van der Waals surface area contributed by atoms with E-state index in [2.05, 4.69) is 15.9 Å². The van der Waals surface area contributed by atoms with E-state index in [-0.39, 0.29) is 18.2 Å². The van der Waals surface area contributed by atoms with Gasteiger partial charge in [0.05, 0.1) is 32.7 Å². The molecule has 0 aromatic heterocycles. The number of halogens is 3. The summed E-state index contributed by atoms with van der Waals surface area (Å²) in [5.74, 6) is 0.627. The Morgan fingerprint density at radius 2 is 1.83 bits per heavy atom. The summed E-state index contributed by atoms with van der Waals surface area (Å²) >= 11 is 22.2. The van der Waals surface area contributed by atoms with Crippen molar-refractivity contribution in [1.29, 1.82) is 0 Å². The number of methoxy groups -OCH3 is 1. The number of thiocarbonyl (C=S) groups is 1. The summed E-state index contributed by atoms with van der Waals surface area (Å²) in [6.45, 7) is 0.183. The second kappa shape index (κ2) is 11.2. The van der Waals surface area contributed by atoms with Crippen LogP contribution < -0.4 is 14.4 Å². The number of ether oxygens (including phenoxy) is 2. The molecule has 1 aliphatic rings. The lowest BCUT2D eigenvalue weighted by Gasteiger charge is -2.15. The topological polar surface area (TPSA) is 81.9 Å². The molecule has 36 heavy (non-hydrogen) atoms. The molecule has 1 fully saturated rings. The largest absolute Gasteiger partial charge is 0.493 e. The fourth-order valence-electron chi connectivity index (χ4n) is 3.26. The van der Waals surface area contributed by atoms with Crippen molar-refractivity contribution < 1.29 is 19.2 Å². The third-order valence-electron chi connectivity index (χ3n) is 5.07. The molecular weight excluding hydrogens is 611 g/mol. The van der Waals surface area contributed by atoms with Crippen LogP contribution in [0.1, 0.15) is 11.1 Å². The summed E-state index contributed by atoms with van der Waals surface area (Å²) in [5, 5.41) is 11.5. The first-order valence-electron chi connectivity index (χ1n) is 10.1. The maximum atomic E-state index is 13.1. The zero-order valence-electron chi connectivity index (χ0n) is 18.4. The van der Waals surface area contributed by atoms with E-state index in [0.717, 1.165) is 5.56 Å². The number of non-ortho nitro benzene ring substituents is 1. The molecule has 3 aromatic rings. The minimum atomic E-state index is -0.456. The Hall–Kier alpha value is -2.63. The monoisotopic (exact) mass is 624 g/mol. The van der Waals surface area contributed by atoms with Crippen molar-refractivity contribution in [1.82, 2.24) is 0 Å². The summed E-state index contributed by atoms with van der Waals surface area (Å²) in [6.07, 6.45) is 1.71. The highest BCUT2D eigenvalue weighted by Crippen LogP contribution is 2.40. The first-order valence-corrected chi connectivity index (χ1v) is 12.9. The maximum absolute atomic E-state index is 13.1. The van der Waals surface area contributed by atoms with Crippen LogP contribution in [0.5, 0.6) is 11.5 Å². The van der Waals surface area contributed by atoms with Crippen LogP contribution in [0, 0.1) is 10.1 Å². The minimum absolute atomic E-state index is 0.00741. The lowest BCUT2D eigenvalue weighted by atomic mass is 10.1. The van der Waals surface area contributed by atoms with Gasteiger partial charge >= 0.3 is 0 Å². The third kappa shape index (κ3) is 5.68. The van der Waals surface area contributed by atoms with Crippen LogP contribution in [-0.2, 0) is 11.4 Å². The van der Waals surface area contributed by atoms with Gasteiger partial charge in [-0.2, -0.15) is 0 Å². The van der Waals surface area contributed by atoms with Gasteiger partial charge in [0, 0.05) is 16.6 Å². The van der Waals surface area contributed by atoms with Gasteiger partial charge < -0.3 is 9.47 Å². The molecule has 0 unspecified atom stereocenters. The number of nitro benzene ring substituents is 1. The van der Waals surface area contributed by atoms with Gasteiger partial charge in [0.25, 0.3) is 11.6 Å². The van der Waals surface area contributed by atoms with Crippen molar-refractivity contribution in [2.24, 2.45) is 0 Å².